The number of thiazole rings is 1. The van der Waals surface area contributed by atoms with E-state index in [2.05, 4.69) is 41.2 Å². The molecule has 0 unspecified atom stereocenters. The van der Waals surface area contributed by atoms with Crippen molar-refractivity contribution < 1.29 is 9.90 Å². The fourth-order valence-electron chi connectivity index (χ4n) is 4.36. The number of allylic oxidation sites excluding steroid dienone is 2. The Bertz CT molecular complexity index is 1310. The fraction of sp³-hybridized carbons (Fsp3) is 0.250. The molecular formula is C24H22N2O2S. The van der Waals surface area contributed by atoms with Crippen molar-refractivity contribution >= 4 is 43.8 Å². The number of nitrogens with one attached hydrogen (secondary N) is 1. The Balaban J connectivity index is 1.89. The van der Waals surface area contributed by atoms with Crippen LogP contribution in [0.5, 0.6) is 0 Å². The molecule has 4 nitrogen and oxygen atoms in total. The monoisotopic (exact) mass is 402 g/mol. The number of hydrogen-bond donors (Lipinski definition) is 2. The van der Waals surface area contributed by atoms with E-state index in [1.165, 1.54) is 5.56 Å². The van der Waals surface area contributed by atoms with Gasteiger partial charge in [0.25, 0.3) is 0 Å². The first-order valence-corrected chi connectivity index (χ1v) is 10.6. The highest BCUT2D eigenvalue weighted by Gasteiger charge is 2.36. The van der Waals surface area contributed by atoms with E-state index in [4.69, 9.17) is 0 Å². The molecule has 1 aliphatic carbocycles. The number of ketones is 1. The number of H-pyrrole nitrogens is 1. The molecule has 0 aliphatic heterocycles. The number of fused-ring (bicyclic) bond motifs is 3. The summed E-state index contributed by atoms with van der Waals surface area (Å²) in [5, 5.41) is 11.9. The third-order valence-corrected chi connectivity index (χ3v) is 6.56. The molecule has 2 aromatic carbocycles. The van der Waals surface area contributed by atoms with Crippen LogP contribution in [0, 0.1) is 12.3 Å². The maximum atomic E-state index is 13.2. The van der Waals surface area contributed by atoms with Crippen LogP contribution in [0.3, 0.4) is 0 Å². The van der Waals surface area contributed by atoms with Gasteiger partial charge >= 0.3 is 0 Å². The second kappa shape index (κ2) is 6.29. The molecule has 0 bridgehead atoms. The van der Waals surface area contributed by atoms with Gasteiger partial charge in [0.15, 0.2) is 5.78 Å². The minimum absolute atomic E-state index is 0.00506. The number of carbonyl (C=O) groups excluding carboxylic acids is 1. The summed E-state index contributed by atoms with van der Waals surface area (Å²) in [5.41, 5.74) is 7.74. The lowest BCUT2D eigenvalue weighted by atomic mass is 9.74. The maximum Gasteiger partial charge on any atom is 0.167 e. The highest BCUT2D eigenvalue weighted by Crippen LogP contribution is 2.46. The summed E-state index contributed by atoms with van der Waals surface area (Å²) in [6.07, 6.45) is 0.915. The van der Waals surface area contributed by atoms with Crippen LogP contribution in [-0.2, 0) is 4.79 Å². The zero-order chi connectivity index (χ0) is 20.3. The van der Waals surface area contributed by atoms with Crippen molar-refractivity contribution in [1.29, 1.82) is 0 Å². The van der Waals surface area contributed by atoms with Crippen LogP contribution in [0.2, 0.25) is 0 Å². The first-order valence-electron chi connectivity index (χ1n) is 9.75. The van der Waals surface area contributed by atoms with E-state index < -0.39 is 0 Å². The van der Waals surface area contributed by atoms with Crippen LogP contribution in [0.25, 0.3) is 38.0 Å². The molecule has 5 rings (SSSR count). The number of hydrogen-bond acceptors (Lipinski definition) is 4. The van der Waals surface area contributed by atoms with E-state index in [9.17, 15) is 9.90 Å². The number of Topliss-reactive ketones (excluding diaryl/α,β-unsaturated/α-hetero) is 1. The Labute approximate surface area is 172 Å². The van der Waals surface area contributed by atoms with E-state index in [1.807, 2.05) is 31.5 Å². The van der Waals surface area contributed by atoms with Crippen LogP contribution in [0.1, 0.15) is 37.8 Å². The van der Waals surface area contributed by atoms with Gasteiger partial charge in [-0.2, -0.15) is 0 Å². The van der Waals surface area contributed by atoms with Crippen molar-refractivity contribution in [2.24, 2.45) is 5.41 Å². The first kappa shape index (κ1) is 18.1. The number of nitrogens with zero attached hydrogens (tertiary/aromatic N) is 1. The topological polar surface area (TPSA) is 66.0 Å². The predicted octanol–water partition coefficient (Wildman–Crippen LogP) is 6.41. The van der Waals surface area contributed by atoms with Gasteiger partial charge in [-0.05, 0) is 30.0 Å². The van der Waals surface area contributed by atoms with Crippen LogP contribution >= 0.6 is 11.3 Å². The van der Waals surface area contributed by atoms with E-state index in [0.717, 1.165) is 37.9 Å². The number of aromatic amines is 1. The summed E-state index contributed by atoms with van der Waals surface area (Å²) >= 11 is 1.56. The van der Waals surface area contributed by atoms with Crippen molar-refractivity contribution in [1.82, 2.24) is 9.97 Å². The van der Waals surface area contributed by atoms with Gasteiger partial charge in [0.1, 0.15) is 5.76 Å². The summed E-state index contributed by atoms with van der Waals surface area (Å²) < 4.78 is 1.03. The molecule has 0 radical (unpaired) electrons. The summed E-state index contributed by atoms with van der Waals surface area (Å²) in [6.45, 7) is 6.10. The lowest BCUT2D eigenvalue weighted by Gasteiger charge is -2.30. The maximum absolute atomic E-state index is 13.2. The third kappa shape index (κ3) is 2.88. The van der Waals surface area contributed by atoms with Gasteiger partial charge in [-0.3, -0.25) is 4.79 Å². The van der Waals surface area contributed by atoms with Crippen LogP contribution in [0.4, 0.5) is 0 Å². The van der Waals surface area contributed by atoms with Crippen molar-refractivity contribution in [2.75, 3.05) is 0 Å². The van der Waals surface area contributed by atoms with Gasteiger partial charge in [0, 0.05) is 29.3 Å². The Morgan fingerprint density at radius 1 is 1.10 bits per heavy atom. The number of aliphatic hydroxyl groups excluding tert-OH is 1. The highest BCUT2D eigenvalue weighted by atomic mass is 32.1. The molecule has 0 amide bonds. The second-order valence-electron chi connectivity index (χ2n) is 8.69. The highest BCUT2D eigenvalue weighted by molar-refractivity contribution is 7.17. The molecule has 0 atom stereocenters. The van der Waals surface area contributed by atoms with Gasteiger partial charge in [-0.1, -0.05) is 43.7 Å². The zero-order valence-corrected chi connectivity index (χ0v) is 17.5. The molecule has 4 aromatic rings. The minimum Gasteiger partial charge on any atom is -0.512 e. The average molecular weight is 403 g/mol. The van der Waals surface area contributed by atoms with Crippen LogP contribution in [-0.4, -0.2) is 20.9 Å². The molecule has 0 saturated carbocycles. The van der Waals surface area contributed by atoms with E-state index in [0.29, 0.717) is 18.4 Å². The van der Waals surface area contributed by atoms with Gasteiger partial charge in [0.05, 0.1) is 27.0 Å². The van der Waals surface area contributed by atoms with Gasteiger partial charge < -0.3 is 10.1 Å². The number of aryl methyl sites for hydroxylation is 1. The molecule has 2 aromatic heterocycles. The zero-order valence-electron chi connectivity index (χ0n) is 16.7. The average Bonchev–Trinajstić information content (AvgIpc) is 3.25. The number of carbonyl (C=O) groups is 1. The summed E-state index contributed by atoms with van der Waals surface area (Å²) in [7, 11) is 0. The van der Waals surface area contributed by atoms with Crippen molar-refractivity contribution in [3.63, 3.8) is 0 Å². The van der Waals surface area contributed by atoms with E-state index in [-0.39, 0.29) is 17.0 Å². The van der Waals surface area contributed by atoms with Gasteiger partial charge in [0.2, 0.25) is 0 Å². The third-order valence-electron chi connectivity index (χ3n) is 5.70. The van der Waals surface area contributed by atoms with Gasteiger partial charge in [-0.25, -0.2) is 4.98 Å². The standard InChI is InChI=1S/C24H22N2O2S/c1-13-4-6-14(7-5-13)22-21(20-17(27)10-24(2,3)11-18(20)28)19-15(26-22)8-9-16-23(19)29-12-25-16/h4-9,12,26-27H,10-11H2,1-3H3. The minimum atomic E-state index is -0.236. The van der Waals surface area contributed by atoms with Crippen molar-refractivity contribution in [3.8, 4) is 11.3 Å². The number of aromatic nitrogens is 2. The summed E-state index contributed by atoms with van der Waals surface area (Å²) in [6, 6.07) is 12.2. The second-order valence-corrected chi connectivity index (χ2v) is 9.55. The fourth-order valence-corrected chi connectivity index (χ4v) is 5.20. The number of benzene rings is 2. The first-order chi connectivity index (χ1) is 13.8. The van der Waals surface area contributed by atoms with Crippen molar-refractivity contribution in [2.45, 2.75) is 33.6 Å². The largest absolute Gasteiger partial charge is 0.512 e. The SMILES string of the molecule is Cc1ccc(-c2[nH]c3ccc4ncsc4c3c2C2=C(O)CC(C)(C)CC2=O)cc1. The quantitative estimate of drug-likeness (QED) is 0.407. The number of aliphatic hydroxyl groups is 1. The normalized spacial score (nSPS) is 16.9. The Morgan fingerprint density at radius 3 is 2.59 bits per heavy atom. The smallest absolute Gasteiger partial charge is 0.167 e. The molecular weight excluding hydrogens is 380 g/mol. The molecule has 2 N–H and O–H groups in total. The van der Waals surface area contributed by atoms with Crippen LogP contribution < -0.4 is 0 Å². The lowest BCUT2D eigenvalue weighted by Crippen LogP contribution is -2.25. The summed E-state index contributed by atoms with van der Waals surface area (Å²) in [4.78, 5) is 21.2. The number of rotatable bonds is 2. The Kier molecular flexibility index (Phi) is 3.93. The molecule has 0 fully saturated rings. The van der Waals surface area contributed by atoms with Crippen LogP contribution in [0.15, 0.2) is 47.7 Å². The van der Waals surface area contributed by atoms with E-state index >= 15 is 0 Å². The van der Waals surface area contributed by atoms with Crippen molar-refractivity contribution in [3.05, 3.63) is 58.8 Å². The molecule has 146 valence electrons. The molecule has 1 aliphatic rings. The summed E-state index contributed by atoms with van der Waals surface area (Å²) in [5.74, 6) is 0.177. The molecule has 29 heavy (non-hydrogen) atoms. The van der Waals surface area contributed by atoms with Gasteiger partial charge in [-0.15, -0.1) is 11.3 Å². The Hall–Kier alpha value is -2.92. The molecule has 0 saturated heterocycles. The lowest BCUT2D eigenvalue weighted by molar-refractivity contribution is -0.116. The predicted molar refractivity (Wildman–Crippen MR) is 119 cm³/mol. The molecule has 2 heterocycles. The van der Waals surface area contributed by atoms with E-state index in [1.54, 1.807) is 11.3 Å². The molecule has 0 spiro atoms. The Morgan fingerprint density at radius 2 is 1.86 bits per heavy atom. The molecule has 5 heteroatoms.